The van der Waals surface area contributed by atoms with Gasteiger partial charge < -0.3 is 10.3 Å². The second kappa shape index (κ2) is 8.81. The van der Waals surface area contributed by atoms with Crippen molar-refractivity contribution in [2.24, 2.45) is 0 Å². The molecule has 1 fully saturated rings. The van der Waals surface area contributed by atoms with E-state index in [4.69, 9.17) is 11.6 Å². The Bertz CT molecular complexity index is 1480. The monoisotopic (exact) mass is 474 g/mol. The Morgan fingerprint density at radius 1 is 1.09 bits per heavy atom. The van der Waals surface area contributed by atoms with Crippen LogP contribution >= 0.6 is 11.6 Å². The van der Waals surface area contributed by atoms with Crippen molar-refractivity contribution in [3.63, 3.8) is 0 Å². The Morgan fingerprint density at radius 2 is 1.97 bits per heavy atom. The van der Waals surface area contributed by atoms with Crippen molar-refractivity contribution in [3.8, 4) is 11.1 Å². The minimum atomic E-state index is -0.225. The predicted octanol–water partition coefficient (Wildman–Crippen LogP) is 5.48. The number of nitrogens with zero attached hydrogens (tertiary/aromatic N) is 4. The average molecular weight is 475 g/mol. The van der Waals surface area contributed by atoms with Crippen molar-refractivity contribution in [1.82, 2.24) is 30.3 Å². The summed E-state index contributed by atoms with van der Waals surface area (Å²) in [5, 5.41) is 13.8. The normalized spacial score (nSPS) is 14.9. The van der Waals surface area contributed by atoms with Crippen molar-refractivity contribution in [1.29, 1.82) is 0 Å². The van der Waals surface area contributed by atoms with Crippen LogP contribution in [0.4, 0.5) is 4.39 Å². The van der Waals surface area contributed by atoms with E-state index in [1.165, 1.54) is 6.07 Å². The Kier molecular flexibility index (Phi) is 5.51. The molecule has 0 unspecified atom stereocenters. The molecule has 1 saturated heterocycles. The molecule has 0 amide bonds. The highest BCUT2D eigenvalue weighted by atomic mass is 35.5. The number of aromatic nitrogens is 5. The van der Waals surface area contributed by atoms with Crippen molar-refractivity contribution in [2.75, 3.05) is 13.1 Å². The molecule has 5 aromatic rings. The molecule has 0 radical (unpaired) electrons. The number of piperidine rings is 1. The van der Waals surface area contributed by atoms with Crippen LogP contribution in [-0.4, -0.2) is 38.1 Å². The zero-order valence-electron chi connectivity index (χ0n) is 18.6. The van der Waals surface area contributed by atoms with Crippen LogP contribution in [0, 0.1) is 5.82 Å². The molecule has 34 heavy (non-hydrogen) atoms. The zero-order chi connectivity index (χ0) is 23.1. The van der Waals surface area contributed by atoms with Crippen LogP contribution < -0.4 is 5.32 Å². The fraction of sp³-hybridized carbons (Fsp3) is 0.269. The fourth-order valence-corrected chi connectivity index (χ4v) is 5.35. The maximum Gasteiger partial charge on any atom is 0.139 e. The van der Waals surface area contributed by atoms with E-state index in [0.29, 0.717) is 18.9 Å². The number of hydrogen-bond acceptors (Lipinski definition) is 4. The second-order valence-corrected chi connectivity index (χ2v) is 9.23. The minimum Gasteiger partial charge on any atom is -0.342 e. The van der Waals surface area contributed by atoms with Crippen LogP contribution in [0.25, 0.3) is 33.2 Å². The van der Waals surface area contributed by atoms with Gasteiger partial charge in [0.1, 0.15) is 17.0 Å². The molecule has 1 aliphatic heterocycles. The Morgan fingerprint density at radius 3 is 2.82 bits per heavy atom. The third kappa shape index (κ3) is 3.85. The van der Waals surface area contributed by atoms with Gasteiger partial charge in [-0.1, -0.05) is 35.0 Å². The largest absolute Gasteiger partial charge is 0.342 e. The van der Waals surface area contributed by atoms with Crippen LogP contribution in [0.15, 0.2) is 54.7 Å². The van der Waals surface area contributed by atoms with Gasteiger partial charge in [0.2, 0.25) is 0 Å². The van der Waals surface area contributed by atoms with Crippen LogP contribution in [0.3, 0.4) is 0 Å². The van der Waals surface area contributed by atoms with E-state index in [-0.39, 0.29) is 5.82 Å². The molecule has 6 rings (SSSR count). The highest BCUT2D eigenvalue weighted by Gasteiger charge is 2.23. The molecule has 2 aromatic carbocycles. The van der Waals surface area contributed by atoms with E-state index in [0.717, 1.165) is 75.4 Å². The predicted molar refractivity (Wildman–Crippen MR) is 133 cm³/mol. The number of halogens is 2. The van der Waals surface area contributed by atoms with Crippen molar-refractivity contribution >= 4 is 33.7 Å². The van der Waals surface area contributed by atoms with Gasteiger partial charge >= 0.3 is 0 Å². The number of H-pyrrole nitrogens is 1. The summed E-state index contributed by atoms with van der Waals surface area (Å²) < 4.78 is 15.4. The van der Waals surface area contributed by atoms with Crippen LogP contribution in [0.2, 0.25) is 5.02 Å². The third-order valence-corrected chi connectivity index (χ3v) is 7.13. The van der Waals surface area contributed by atoms with E-state index in [1.807, 2.05) is 29.1 Å². The van der Waals surface area contributed by atoms with E-state index in [1.54, 1.807) is 12.1 Å². The summed E-state index contributed by atoms with van der Waals surface area (Å²) in [5.74, 6) is 0.184. The SMILES string of the molecule is Fc1cccc(CCn2nnc3ccc(-c4ccnc5[nH]c(C6CCNCC6)c(Cl)c45)cc32)c1. The number of fused-ring (bicyclic) bond motifs is 2. The first-order valence-electron chi connectivity index (χ1n) is 11.6. The van der Waals surface area contributed by atoms with Gasteiger partial charge in [-0.05, 0) is 79.4 Å². The summed E-state index contributed by atoms with van der Waals surface area (Å²) >= 11 is 6.95. The maximum absolute atomic E-state index is 13.6. The molecule has 0 aliphatic carbocycles. The minimum absolute atomic E-state index is 0.225. The molecule has 2 N–H and O–H groups in total. The number of rotatable bonds is 5. The topological polar surface area (TPSA) is 71.4 Å². The van der Waals surface area contributed by atoms with Gasteiger partial charge in [-0.25, -0.2) is 14.1 Å². The summed E-state index contributed by atoms with van der Waals surface area (Å²) in [7, 11) is 0. The second-order valence-electron chi connectivity index (χ2n) is 8.86. The molecule has 0 bridgehead atoms. The fourth-order valence-electron chi connectivity index (χ4n) is 4.95. The first kappa shape index (κ1) is 21.3. The number of hydrogen-bond donors (Lipinski definition) is 2. The third-order valence-electron chi connectivity index (χ3n) is 6.73. The summed E-state index contributed by atoms with van der Waals surface area (Å²) in [6.45, 7) is 2.61. The molecular weight excluding hydrogens is 451 g/mol. The molecular formula is C26H24ClFN6. The zero-order valence-corrected chi connectivity index (χ0v) is 19.3. The molecule has 1 aliphatic rings. The lowest BCUT2D eigenvalue weighted by Gasteiger charge is -2.21. The summed E-state index contributed by atoms with van der Waals surface area (Å²) in [4.78, 5) is 8.07. The van der Waals surface area contributed by atoms with Gasteiger partial charge in [0, 0.05) is 29.7 Å². The van der Waals surface area contributed by atoms with E-state index in [9.17, 15) is 4.39 Å². The lowest BCUT2D eigenvalue weighted by atomic mass is 9.94. The lowest BCUT2D eigenvalue weighted by Crippen LogP contribution is -2.26. The Labute approximate surface area is 201 Å². The van der Waals surface area contributed by atoms with Gasteiger partial charge in [0.25, 0.3) is 0 Å². The molecule has 6 nitrogen and oxygen atoms in total. The van der Waals surface area contributed by atoms with Crippen LogP contribution in [0.5, 0.6) is 0 Å². The number of aromatic amines is 1. The van der Waals surface area contributed by atoms with Crippen LogP contribution in [-0.2, 0) is 13.0 Å². The van der Waals surface area contributed by atoms with Gasteiger partial charge in [-0.2, -0.15) is 0 Å². The van der Waals surface area contributed by atoms with Gasteiger partial charge in [-0.15, -0.1) is 5.10 Å². The Balaban J connectivity index is 1.37. The van der Waals surface area contributed by atoms with Gasteiger partial charge in [0.05, 0.1) is 10.5 Å². The summed E-state index contributed by atoms with van der Waals surface area (Å²) in [6.07, 6.45) is 4.61. The van der Waals surface area contributed by atoms with Crippen molar-refractivity contribution in [3.05, 3.63) is 76.8 Å². The summed E-state index contributed by atoms with van der Waals surface area (Å²) in [6, 6.07) is 14.8. The quantitative estimate of drug-likeness (QED) is 0.354. The maximum atomic E-state index is 13.6. The number of pyridine rings is 1. The number of nitrogens with one attached hydrogen (secondary N) is 2. The standard InChI is InChI=1S/C26H24ClFN6/c27-24-23-20(8-12-30-26(23)31-25(24)17-6-10-29-11-7-17)18-4-5-21-22(15-18)34(33-32-21)13-9-16-2-1-3-19(28)14-16/h1-5,8,12,14-15,17,29H,6-7,9-11,13H2,(H,30,31). The molecule has 172 valence electrons. The molecule has 0 atom stereocenters. The summed E-state index contributed by atoms with van der Waals surface area (Å²) in [5.41, 5.74) is 6.65. The van der Waals surface area contributed by atoms with Gasteiger partial charge in [0.15, 0.2) is 0 Å². The Hall–Kier alpha value is -3.29. The number of benzene rings is 2. The van der Waals surface area contributed by atoms with Crippen LogP contribution in [0.1, 0.15) is 30.0 Å². The first-order chi connectivity index (χ1) is 16.7. The lowest BCUT2D eigenvalue weighted by molar-refractivity contribution is 0.455. The molecule has 8 heteroatoms. The van der Waals surface area contributed by atoms with E-state index >= 15 is 0 Å². The highest BCUT2D eigenvalue weighted by Crippen LogP contribution is 2.40. The smallest absolute Gasteiger partial charge is 0.139 e. The average Bonchev–Trinajstić information content (AvgIpc) is 3.43. The van der Waals surface area contributed by atoms with Crippen molar-refractivity contribution < 1.29 is 4.39 Å². The molecule has 0 saturated carbocycles. The van der Waals surface area contributed by atoms with Crippen molar-refractivity contribution in [2.45, 2.75) is 31.7 Å². The van der Waals surface area contributed by atoms with E-state index < -0.39 is 0 Å². The van der Waals surface area contributed by atoms with Gasteiger partial charge in [-0.3, -0.25) is 0 Å². The molecule has 4 heterocycles. The number of aryl methyl sites for hydroxylation is 2. The highest BCUT2D eigenvalue weighted by molar-refractivity contribution is 6.37. The molecule has 0 spiro atoms. The first-order valence-corrected chi connectivity index (χ1v) is 12.0. The molecule has 3 aromatic heterocycles. The van der Waals surface area contributed by atoms with E-state index in [2.05, 4.69) is 37.7 Å².